The van der Waals surface area contributed by atoms with Gasteiger partial charge in [-0.2, -0.15) is 0 Å². The average Bonchev–Trinajstić information content (AvgIpc) is 2.40. The summed E-state index contributed by atoms with van der Waals surface area (Å²) < 4.78 is 12.9. The van der Waals surface area contributed by atoms with Crippen LogP contribution in [0.25, 0.3) is 0 Å². The van der Waals surface area contributed by atoms with Crippen LogP contribution in [-0.4, -0.2) is 16.0 Å². The molecule has 0 radical (unpaired) electrons. The zero-order valence-corrected chi connectivity index (χ0v) is 12.1. The van der Waals surface area contributed by atoms with Crippen LogP contribution >= 0.6 is 23.8 Å². The Balaban J connectivity index is 2.31. The third kappa shape index (κ3) is 3.48. The molecule has 0 aliphatic rings. The van der Waals surface area contributed by atoms with E-state index in [1.165, 1.54) is 18.2 Å². The molecule has 2 rings (SSSR count). The molecule has 4 N–H and O–H groups in total. The summed E-state index contributed by atoms with van der Waals surface area (Å²) in [5.74, 6) is -1.74. The van der Waals surface area contributed by atoms with Crippen molar-refractivity contribution in [3.05, 3.63) is 58.4 Å². The molecule has 7 heteroatoms. The van der Waals surface area contributed by atoms with Crippen LogP contribution in [-0.2, 0) is 0 Å². The van der Waals surface area contributed by atoms with Gasteiger partial charge in [0, 0.05) is 11.6 Å². The van der Waals surface area contributed by atoms with Gasteiger partial charge in [-0.05, 0) is 24.3 Å². The van der Waals surface area contributed by atoms with Gasteiger partial charge in [0.15, 0.2) is 0 Å². The zero-order valence-electron chi connectivity index (χ0n) is 10.6. The van der Waals surface area contributed by atoms with E-state index >= 15 is 0 Å². The van der Waals surface area contributed by atoms with Crippen LogP contribution in [0.15, 0.2) is 36.4 Å². The highest BCUT2D eigenvalue weighted by Gasteiger charge is 2.14. The first-order valence-electron chi connectivity index (χ1n) is 5.77. The van der Waals surface area contributed by atoms with Crippen LogP contribution in [0.5, 0.6) is 5.75 Å². The monoisotopic (exact) mass is 324 g/mol. The Bertz CT molecular complexity index is 737. The minimum Gasteiger partial charge on any atom is -0.507 e. The minimum absolute atomic E-state index is 0.0757. The number of anilines is 1. The summed E-state index contributed by atoms with van der Waals surface area (Å²) in [5.41, 5.74) is 6.26. The number of carbonyl (C=O) groups is 1. The normalized spacial score (nSPS) is 10.2. The Labute approximate surface area is 130 Å². The standard InChI is InChI=1S/C14H10ClFN2O2S/c15-10-4-1-7(13(17)21)5-11(10)18-14(20)9-3-2-8(16)6-12(9)19/h1-6,19H,(H2,17,21)(H,18,20). The lowest BCUT2D eigenvalue weighted by atomic mass is 10.1. The molecule has 0 unspecified atom stereocenters. The molecule has 0 fully saturated rings. The molecule has 108 valence electrons. The molecule has 0 heterocycles. The van der Waals surface area contributed by atoms with Crippen molar-refractivity contribution in [1.82, 2.24) is 0 Å². The number of amides is 1. The van der Waals surface area contributed by atoms with E-state index in [1.807, 2.05) is 0 Å². The molecule has 2 aromatic carbocycles. The van der Waals surface area contributed by atoms with E-state index in [1.54, 1.807) is 6.07 Å². The van der Waals surface area contributed by atoms with E-state index in [-0.39, 0.29) is 21.3 Å². The molecule has 0 saturated carbocycles. The van der Waals surface area contributed by atoms with Gasteiger partial charge >= 0.3 is 0 Å². The van der Waals surface area contributed by atoms with Crippen LogP contribution in [0.3, 0.4) is 0 Å². The van der Waals surface area contributed by atoms with Gasteiger partial charge in [0.2, 0.25) is 0 Å². The molecular formula is C14H10ClFN2O2S. The smallest absolute Gasteiger partial charge is 0.259 e. The topological polar surface area (TPSA) is 75.3 Å². The van der Waals surface area contributed by atoms with Crippen LogP contribution in [0, 0.1) is 5.82 Å². The van der Waals surface area contributed by atoms with E-state index in [0.29, 0.717) is 5.56 Å². The van der Waals surface area contributed by atoms with E-state index in [4.69, 9.17) is 29.6 Å². The van der Waals surface area contributed by atoms with Gasteiger partial charge in [0.05, 0.1) is 16.3 Å². The van der Waals surface area contributed by atoms with Crippen LogP contribution in [0.2, 0.25) is 5.02 Å². The number of phenolic OH excluding ortho intramolecular Hbond substituents is 1. The maximum Gasteiger partial charge on any atom is 0.259 e. The Hall–Kier alpha value is -2.18. The average molecular weight is 325 g/mol. The van der Waals surface area contributed by atoms with Crippen LogP contribution in [0.4, 0.5) is 10.1 Å². The van der Waals surface area contributed by atoms with Crippen molar-refractivity contribution < 1.29 is 14.3 Å². The number of aromatic hydroxyl groups is 1. The second-order valence-electron chi connectivity index (χ2n) is 4.17. The van der Waals surface area contributed by atoms with Gasteiger partial charge in [0.25, 0.3) is 5.91 Å². The summed E-state index contributed by atoms with van der Waals surface area (Å²) >= 11 is 10.8. The number of benzene rings is 2. The summed E-state index contributed by atoms with van der Waals surface area (Å²) in [7, 11) is 0. The van der Waals surface area contributed by atoms with E-state index in [9.17, 15) is 14.3 Å². The second kappa shape index (κ2) is 6.07. The molecule has 0 bridgehead atoms. The highest BCUT2D eigenvalue weighted by Crippen LogP contribution is 2.25. The maximum absolute atomic E-state index is 12.9. The summed E-state index contributed by atoms with van der Waals surface area (Å²) in [6.07, 6.45) is 0. The van der Waals surface area contributed by atoms with Gasteiger partial charge in [0.1, 0.15) is 16.6 Å². The van der Waals surface area contributed by atoms with Crippen molar-refractivity contribution >= 4 is 40.4 Å². The third-order valence-electron chi connectivity index (χ3n) is 2.70. The predicted octanol–water partition coefficient (Wildman–Crippen LogP) is 3.07. The second-order valence-corrected chi connectivity index (χ2v) is 5.02. The van der Waals surface area contributed by atoms with Crippen molar-refractivity contribution in [2.75, 3.05) is 5.32 Å². The van der Waals surface area contributed by atoms with Crippen LogP contribution in [0.1, 0.15) is 15.9 Å². The molecule has 2 aromatic rings. The molecule has 21 heavy (non-hydrogen) atoms. The largest absolute Gasteiger partial charge is 0.507 e. The first-order valence-corrected chi connectivity index (χ1v) is 6.56. The Morgan fingerprint density at radius 3 is 2.62 bits per heavy atom. The van der Waals surface area contributed by atoms with Gasteiger partial charge in [-0.1, -0.05) is 29.9 Å². The number of hydrogen-bond donors (Lipinski definition) is 3. The number of phenols is 1. The molecular weight excluding hydrogens is 315 g/mol. The van der Waals surface area contributed by atoms with Crippen molar-refractivity contribution in [3.63, 3.8) is 0 Å². The van der Waals surface area contributed by atoms with Crippen molar-refractivity contribution in [3.8, 4) is 5.75 Å². The lowest BCUT2D eigenvalue weighted by molar-refractivity contribution is 0.102. The molecule has 1 amide bonds. The van der Waals surface area contributed by atoms with E-state index in [0.717, 1.165) is 12.1 Å². The lowest BCUT2D eigenvalue weighted by Gasteiger charge is -2.10. The number of carbonyl (C=O) groups excluding carboxylic acids is 1. The van der Waals surface area contributed by atoms with Crippen LogP contribution < -0.4 is 11.1 Å². The lowest BCUT2D eigenvalue weighted by Crippen LogP contribution is -2.14. The van der Waals surface area contributed by atoms with E-state index in [2.05, 4.69) is 5.32 Å². The Kier molecular flexibility index (Phi) is 4.40. The Morgan fingerprint density at radius 1 is 1.29 bits per heavy atom. The summed E-state index contributed by atoms with van der Waals surface area (Å²) in [6, 6.07) is 7.77. The first-order chi connectivity index (χ1) is 9.88. The van der Waals surface area contributed by atoms with Gasteiger partial charge in [-0.3, -0.25) is 4.79 Å². The summed E-state index contributed by atoms with van der Waals surface area (Å²) in [4.78, 5) is 12.2. The van der Waals surface area contributed by atoms with Crippen molar-refractivity contribution in [2.45, 2.75) is 0 Å². The first kappa shape index (κ1) is 15.2. The fourth-order valence-electron chi connectivity index (χ4n) is 1.66. The predicted molar refractivity (Wildman–Crippen MR) is 83.4 cm³/mol. The van der Waals surface area contributed by atoms with E-state index < -0.39 is 17.5 Å². The number of rotatable bonds is 3. The molecule has 0 saturated heterocycles. The number of hydrogen-bond acceptors (Lipinski definition) is 3. The third-order valence-corrected chi connectivity index (χ3v) is 3.27. The molecule has 0 atom stereocenters. The Morgan fingerprint density at radius 2 is 2.00 bits per heavy atom. The number of nitrogens with two attached hydrogens (primary N) is 1. The fraction of sp³-hybridized carbons (Fsp3) is 0. The minimum atomic E-state index is -0.641. The fourth-order valence-corrected chi connectivity index (χ4v) is 1.95. The van der Waals surface area contributed by atoms with Gasteiger partial charge in [-0.25, -0.2) is 4.39 Å². The molecule has 4 nitrogen and oxygen atoms in total. The maximum atomic E-state index is 12.9. The quantitative estimate of drug-likeness (QED) is 0.758. The van der Waals surface area contributed by atoms with Gasteiger partial charge < -0.3 is 16.2 Å². The zero-order chi connectivity index (χ0) is 15.6. The summed E-state index contributed by atoms with van der Waals surface area (Å²) in [5, 5.41) is 12.4. The summed E-state index contributed by atoms with van der Waals surface area (Å²) in [6.45, 7) is 0. The number of nitrogens with one attached hydrogen (secondary N) is 1. The SMILES string of the molecule is NC(=S)c1ccc(Cl)c(NC(=O)c2ccc(F)cc2O)c1. The molecule has 0 aliphatic heterocycles. The highest BCUT2D eigenvalue weighted by atomic mass is 35.5. The number of thiocarbonyl (C=S) groups is 1. The van der Waals surface area contributed by atoms with Crippen molar-refractivity contribution in [2.24, 2.45) is 5.73 Å². The molecule has 0 aromatic heterocycles. The number of halogens is 2. The highest BCUT2D eigenvalue weighted by molar-refractivity contribution is 7.80. The molecule has 0 aliphatic carbocycles. The van der Waals surface area contributed by atoms with Gasteiger partial charge in [-0.15, -0.1) is 0 Å². The molecule has 0 spiro atoms. The van der Waals surface area contributed by atoms with Crippen molar-refractivity contribution in [1.29, 1.82) is 0 Å².